The quantitative estimate of drug-likeness (QED) is 0.769. The zero-order valence-corrected chi connectivity index (χ0v) is 9.02. The highest BCUT2D eigenvalue weighted by Crippen LogP contribution is 2.33. The van der Waals surface area contributed by atoms with Crippen LogP contribution in [0.4, 0.5) is 5.69 Å². The van der Waals surface area contributed by atoms with E-state index in [4.69, 9.17) is 11.5 Å². The normalized spacial score (nSPS) is 17.7. The summed E-state index contributed by atoms with van der Waals surface area (Å²) in [5.41, 5.74) is 13.9. The second-order valence-electron chi connectivity index (χ2n) is 4.47. The Hall–Kier alpha value is -1.09. The number of aromatic nitrogens is 1. The Morgan fingerprint density at radius 2 is 2.27 bits per heavy atom. The third-order valence-electron chi connectivity index (χ3n) is 3.15. The minimum Gasteiger partial charge on any atom is -0.398 e. The topological polar surface area (TPSA) is 64.9 Å². The van der Waals surface area contributed by atoms with Crippen molar-refractivity contribution in [3.8, 4) is 0 Å². The molecule has 0 aliphatic heterocycles. The Balaban J connectivity index is 1.75. The Morgan fingerprint density at radius 3 is 2.93 bits per heavy atom. The first-order valence-electron chi connectivity index (χ1n) is 5.71. The highest BCUT2D eigenvalue weighted by Gasteiger charge is 2.27. The van der Waals surface area contributed by atoms with E-state index in [2.05, 4.69) is 4.98 Å². The number of pyridine rings is 1. The van der Waals surface area contributed by atoms with Crippen molar-refractivity contribution in [3.05, 3.63) is 24.0 Å². The number of nitrogens with two attached hydrogens (primary N) is 2. The summed E-state index contributed by atoms with van der Waals surface area (Å²) in [6, 6.07) is 2.26. The number of nitrogens with zero attached hydrogens (tertiary/aromatic N) is 1. The monoisotopic (exact) mass is 205 g/mol. The van der Waals surface area contributed by atoms with Crippen molar-refractivity contribution in [1.29, 1.82) is 0 Å². The maximum atomic E-state index is 6.03. The van der Waals surface area contributed by atoms with Crippen molar-refractivity contribution in [3.63, 3.8) is 0 Å². The minimum absolute atomic E-state index is 0.405. The van der Waals surface area contributed by atoms with Crippen molar-refractivity contribution in [2.45, 2.75) is 38.1 Å². The van der Waals surface area contributed by atoms with Crippen LogP contribution in [0.1, 0.15) is 31.2 Å². The van der Waals surface area contributed by atoms with Crippen LogP contribution in [0.5, 0.6) is 0 Å². The lowest BCUT2D eigenvalue weighted by Crippen LogP contribution is -2.22. The van der Waals surface area contributed by atoms with Crippen molar-refractivity contribution in [2.75, 3.05) is 5.73 Å². The van der Waals surface area contributed by atoms with Gasteiger partial charge in [0.2, 0.25) is 0 Å². The van der Waals surface area contributed by atoms with Gasteiger partial charge in [0, 0.05) is 24.1 Å². The molecule has 15 heavy (non-hydrogen) atoms. The van der Waals surface area contributed by atoms with E-state index in [1.54, 1.807) is 6.20 Å². The zero-order valence-electron chi connectivity index (χ0n) is 9.02. The summed E-state index contributed by atoms with van der Waals surface area (Å²) in [5, 5.41) is 0. The lowest BCUT2D eigenvalue weighted by atomic mass is 10.0. The number of aryl methyl sites for hydroxylation is 1. The number of hydrogen-bond donors (Lipinski definition) is 2. The summed E-state index contributed by atoms with van der Waals surface area (Å²) in [5.74, 6) is 0.802. The largest absolute Gasteiger partial charge is 0.398 e. The maximum Gasteiger partial charge on any atom is 0.0377 e. The fourth-order valence-electron chi connectivity index (χ4n) is 1.94. The second kappa shape index (κ2) is 4.62. The molecule has 0 saturated heterocycles. The van der Waals surface area contributed by atoms with Gasteiger partial charge < -0.3 is 11.5 Å². The van der Waals surface area contributed by atoms with E-state index in [0.29, 0.717) is 6.04 Å². The van der Waals surface area contributed by atoms with E-state index >= 15 is 0 Å². The molecule has 4 N–H and O–H groups in total. The van der Waals surface area contributed by atoms with Gasteiger partial charge in [-0.05, 0) is 49.7 Å². The third-order valence-corrected chi connectivity index (χ3v) is 3.15. The first kappa shape index (κ1) is 10.4. The van der Waals surface area contributed by atoms with Gasteiger partial charge >= 0.3 is 0 Å². The second-order valence-corrected chi connectivity index (χ2v) is 4.47. The summed E-state index contributed by atoms with van der Waals surface area (Å²) in [4.78, 5) is 4.08. The molecular formula is C12H19N3. The zero-order chi connectivity index (χ0) is 10.7. The van der Waals surface area contributed by atoms with Crippen molar-refractivity contribution < 1.29 is 0 Å². The fraction of sp³-hybridized carbons (Fsp3) is 0.583. The lowest BCUT2D eigenvalue weighted by Gasteiger charge is -2.10. The molecule has 1 heterocycles. The molecule has 3 heteroatoms. The molecule has 1 aromatic rings. The van der Waals surface area contributed by atoms with E-state index in [9.17, 15) is 0 Å². The van der Waals surface area contributed by atoms with Gasteiger partial charge in [-0.2, -0.15) is 0 Å². The fourth-order valence-corrected chi connectivity index (χ4v) is 1.94. The van der Waals surface area contributed by atoms with Gasteiger partial charge in [-0.3, -0.25) is 4.98 Å². The molecule has 1 unspecified atom stereocenters. The number of hydrogen-bond acceptors (Lipinski definition) is 3. The molecule has 0 spiro atoms. The molecule has 1 saturated carbocycles. The summed E-state index contributed by atoms with van der Waals surface area (Å²) >= 11 is 0. The van der Waals surface area contributed by atoms with Gasteiger partial charge in [-0.1, -0.05) is 0 Å². The maximum absolute atomic E-state index is 6.03. The average Bonchev–Trinajstić information content (AvgIpc) is 3.04. The van der Waals surface area contributed by atoms with Crippen molar-refractivity contribution in [1.82, 2.24) is 4.98 Å². The molecule has 1 fully saturated rings. The number of rotatable bonds is 5. The average molecular weight is 205 g/mol. The standard InChI is InChI=1S/C12H19N3/c13-11(9-4-5-9)3-1-2-10-8-15-7-6-12(10)14/h6-9,11H,1-5,13H2,(H2,14,15). The third kappa shape index (κ3) is 2.93. The predicted molar refractivity (Wildman–Crippen MR) is 62.3 cm³/mol. The van der Waals surface area contributed by atoms with Gasteiger partial charge in [0.05, 0.1) is 0 Å². The van der Waals surface area contributed by atoms with E-state index in [-0.39, 0.29) is 0 Å². The molecule has 1 aromatic heterocycles. The van der Waals surface area contributed by atoms with Gasteiger partial charge in [-0.15, -0.1) is 0 Å². The summed E-state index contributed by atoms with van der Waals surface area (Å²) in [6.07, 6.45) is 9.48. The van der Waals surface area contributed by atoms with E-state index in [0.717, 1.165) is 36.4 Å². The smallest absolute Gasteiger partial charge is 0.0377 e. The Morgan fingerprint density at radius 1 is 1.47 bits per heavy atom. The van der Waals surface area contributed by atoms with E-state index < -0.39 is 0 Å². The van der Waals surface area contributed by atoms with Crippen LogP contribution in [0.15, 0.2) is 18.5 Å². The van der Waals surface area contributed by atoms with Crippen LogP contribution in [-0.2, 0) is 6.42 Å². The van der Waals surface area contributed by atoms with E-state index in [1.165, 1.54) is 12.8 Å². The summed E-state index contributed by atoms with van der Waals surface area (Å²) in [6.45, 7) is 0. The summed E-state index contributed by atoms with van der Waals surface area (Å²) < 4.78 is 0. The van der Waals surface area contributed by atoms with Crippen LogP contribution >= 0.6 is 0 Å². The molecule has 82 valence electrons. The highest BCUT2D eigenvalue weighted by molar-refractivity contribution is 5.44. The van der Waals surface area contributed by atoms with Gasteiger partial charge in [-0.25, -0.2) is 0 Å². The van der Waals surface area contributed by atoms with Crippen molar-refractivity contribution >= 4 is 5.69 Å². The van der Waals surface area contributed by atoms with Crippen LogP contribution in [0, 0.1) is 5.92 Å². The Bertz CT molecular complexity index is 320. The van der Waals surface area contributed by atoms with Crippen LogP contribution in [0.25, 0.3) is 0 Å². The van der Waals surface area contributed by atoms with Crippen LogP contribution in [-0.4, -0.2) is 11.0 Å². The van der Waals surface area contributed by atoms with Crippen molar-refractivity contribution in [2.24, 2.45) is 11.7 Å². The first-order chi connectivity index (χ1) is 7.27. The molecule has 0 aromatic carbocycles. The molecule has 3 nitrogen and oxygen atoms in total. The Kier molecular flexibility index (Phi) is 3.21. The molecule has 0 radical (unpaired) electrons. The molecule has 1 aliphatic rings. The molecule has 0 amide bonds. The molecule has 1 atom stereocenters. The van der Waals surface area contributed by atoms with Gasteiger partial charge in [0.1, 0.15) is 0 Å². The van der Waals surface area contributed by atoms with Gasteiger partial charge in [0.25, 0.3) is 0 Å². The van der Waals surface area contributed by atoms with Crippen LogP contribution in [0.2, 0.25) is 0 Å². The van der Waals surface area contributed by atoms with E-state index in [1.807, 2.05) is 12.3 Å². The van der Waals surface area contributed by atoms with Gasteiger partial charge in [0.15, 0.2) is 0 Å². The molecule has 1 aliphatic carbocycles. The molecule has 2 rings (SSSR count). The molecule has 0 bridgehead atoms. The SMILES string of the molecule is Nc1ccncc1CCCC(N)C1CC1. The highest BCUT2D eigenvalue weighted by atomic mass is 14.7. The number of anilines is 1. The molecular weight excluding hydrogens is 186 g/mol. The lowest BCUT2D eigenvalue weighted by molar-refractivity contribution is 0.528. The summed E-state index contributed by atoms with van der Waals surface area (Å²) in [7, 11) is 0. The minimum atomic E-state index is 0.405. The van der Waals surface area contributed by atoms with Crippen LogP contribution < -0.4 is 11.5 Å². The first-order valence-corrected chi connectivity index (χ1v) is 5.71. The number of nitrogen functional groups attached to an aromatic ring is 1. The predicted octanol–water partition coefficient (Wildman–Crippen LogP) is 1.72. The van der Waals surface area contributed by atoms with Crippen LogP contribution in [0.3, 0.4) is 0 Å². The Labute approximate surface area is 90.9 Å².